The van der Waals surface area contributed by atoms with Crippen LogP contribution >= 0.6 is 0 Å². The number of hydrogen-bond donors (Lipinski definition) is 0. The second kappa shape index (κ2) is 3.12. The highest BCUT2D eigenvalue weighted by atomic mass is 16.5. The average Bonchev–Trinajstić information content (AvgIpc) is 2.04. The Balaban J connectivity index is 2.04. The lowest BCUT2D eigenvalue weighted by Crippen LogP contribution is -2.36. The zero-order chi connectivity index (χ0) is 8.55. The van der Waals surface area contributed by atoms with E-state index in [1.165, 1.54) is 25.7 Å². The van der Waals surface area contributed by atoms with Gasteiger partial charge in [0, 0.05) is 6.42 Å². The van der Waals surface area contributed by atoms with Gasteiger partial charge in [-0.25, -0.2) is 0 Å². The van der Waals surface area contributed by atoms with Crippen LogP contribution in [0.3, 0.4) is 0 Å². The molecule has 0 bridgehead atoms. The first-order chi connectivity index (χ1) is 5.77. The van der Waals surface area contributed by atoms with E-state index in [-0.39, 0.29) is 0 Å². The number of ether oxygens (including phenoxy) is 1. The lowest BCUT2D eigenvalue weighted by molar-refractivity contribution is -0.0250. The van der Waals surface area contributed by atoms with Gasteiger partial charge in [0.05, 0.1) is 5.76 Å². The van der Waals surface area contributed by atoms with E-state index in [0.29, 0.717) is 6.10 Å². The third kappa shape index (κ3) is 1.37. The minimum absolute atomic E-state index is 0.509. The molecule has 3 atom stereocenters. The van der Waals surface area contributed by atoms with Crippen LogP contribution in [-0.2, 0) is 4.74 Å². The second-order valence-electron chi connectivity index (χ2n) is 4.31. The topological polar surface area (TPSA) is 9.23 Å². The van der Waals surface area contributed by atoms with E-state index < -0.39 is 0 Å². The average molecular weight is 166 g/mol. The van der Waals surface area contributed by atoms with Gasteiger partial charge < -0.3 is 4.74 Å². The van der Waals surface area contributed by atoms with Gasteiger partial charge in [-0.2, -0.15) is 0 Å². The Morgan fingerprint density at radius 3 is 3.00 bits per heavy atom. The Labute approximate surface area is 74.8 Å². The summed E-state index contributed by atoms with van der Waals surface area (Å²) in [5.74, 6) is 2.71. The molecule has 12 heavy (non-hydrogen) atoms. The minimum atomic E-state index is 0.509. The summed E-state index contributed by atoms with van der Waals surface area (Å²) in [6.45, 7) is 6.28. The first-order valence-electron chi connectivity index (χ1n) is 5.12. The van der Waals surface area contributed by atoms with Crippen LogP contribution in [0.15, 0.2) is 12.3 Å². The van der Waals surface area contributed by atoms with Gasteiger partial charge in [-0.15, -0.1) is 0 Å². The minimum Gasteiger partial charge on any atom is -0.495 e. The van der Waals surface area contributed by atoms with E-state index in [1.54, 1.807) is 0 Å². The summed E-state index contributed by atoms with van der Waals surface area (Å²) in [6, 6.07) is 0. The molecule has 0 spiro atoms. The molecule has 0 N–H and O–H groups in total. The van der Waals surface area contributed by atoms with Crippen molar-refractivity contribution in [3.63, 3.8) is 0 Å². The molecular weight excluding hydrogens is 148 g/mol. The summed E-state index contributed by atoms with van der Waals surface area (Å²) in [5.41, 5.74) is 0. The normalized spacial score (nSPS) is 41.8. The van der Waals surface area contributed by atoms with Gasteiger partial charge in [-0.05, 0) is 31.1 Å². The summed E-state index contributed by atoms with van der Waals surface area (Å²) >= 11 is 0. The maximum absolute atomic E-state index is 5.77. The van der Waals surface area contributed by atoms with Crippen LogP contribution in [-0.4, -0.2) is 6.10 Å². The van der Waals surface area contributed by atoms with Crippen LogP contribution in [0.25, 0.3) is 0 Å². The van der Waals surface area contributed by atoms with Crippen molar-refractivity contribution in [1.82, 2.24) is 0 Å². The monoisotopic (exact) mass is 166 g/mol. The first-order valence-corrected chi connectivity index (χ1v) is 5.12. The molecule has 0 aromatic carbocycles. The van der Waals surface area contributed by atoms with Gasteiger partial charge in [-0.1, -0.05) is 19.9 Å². The molecule has 2 aliphatic rings. The zero-order valence-corrected chi connectivity index (χ0v) is 7.88. The molecule has 1 nitrogen and oxygen atoms in total. The van der Waals surface area contributed by atoms with E-state index in [1.807, 2.05) is 0 Å². The molecule has 1 heterocycles. The summed E-state index contributed by atoms with van der Waals surface area (Å²) in [6.07, 6.45) is 6.91. The van der Waals surface area contributed by atoms with Gasteiger partial charge in [0.25, 0.3) is 0 Å². The molecule has 0 radical (unpaired) electrons. The lowest BCUT2D eigenvalue weighted by Gasteiger charge is -2.40. The number of allylic oxidation sites excluding steroid dienone is 1. The van der Waals surface area contributed by atoms with E-state index in [0.717, 1.165) is 24.0 Å². The summed E-state index contributed by atoms with van der Waals surface area (Å²) in [7, 11) is 0. The molecule has 1 aliphatic heterocycles. The lowest BCUT2D eigenvalue weighted by atomic mass is 9.74. The Morgan fingerprint density at radius 2 is 2.17 bits per heavy atom. The first kappa shape index (κ1) is 8.15. The van der Waals surface area contributed by atoms with Gasteiger partial charge >= 0.3 is 0 Å². The van der Waals surface area contributed by atoms with Crippen molar-refractivity contribution in [3.05, 3.63) is 12.3 Å². The highest BCUT2D eigenvalue weighted by Crippen LogP contribution is 2.39. The Kier molecular flexibility index (Phi) is 2.12. The van der Waals surface area contributed by atoms with Crippen LogP contribution < -0.4 is 0 Å². The highest BCUT2D eigenvalue weighted by Gasteiger charge is 2.34. The van der Waals surface area contributed by atoms with Crippen molar-refractivity contribution in [3.8, 4) is 0 Å². The number of rotatable bonds is 0. The number of hydrogen-bond acceptors (Lipinski definition) is 1. The molecule has 1 heteroatoms. The largest absolute Gasteiger partial charge is 0.495 e. The molecule has 1 aliphatic carbocycles. The third-order valence-corrected chi connectivity index (χ3v) is 3.43. The van der Waals surface area contributed by atoms with Gasteiger partial charge in [0.1, 0.15) is 6.10 Å². The highest BCUT2D eigenvalue weighted by molar-refractivity contribution is 4.94. The molecule has 1 saturated carbocycles. The molecule has 3 unspecified atom stereocenters. The molecule has 0 aromatic rings. The molecule has 68 valence electrons. The van der Waals surface area contributed by atoms with E-state index in [9.17, 15) is 0 Å². The Morgan fingerprint density at radius 1 is 1.33 bits per heavy atom. The number of fused-ring (bicyclic) bond motifs is 1. The molecule has 0 amide bonds. The third-order valence-electron chi connectivity index (χ3n) is 3.43. The Hall–Kier alpha value is -0.460. The summed E-state index contributed by atoms with van der Waals surface area (Å²) in [5, 5.41) is 0. The predicted octanol–water partition coefficient (Wildman–Crippen LogP) is 3.12. The SMILES string of the molecule is C=C1CCC2C(C)CCCC2O1. The Bertz CT molecular complexity index is 185. The van der Waals surface area contributed by atoms with Crippen LogP contribution in [0.2, 0.25) is 0 Å². The van der Waals surface area contributed by atoms with Crippen LogP contribution in [0, 0.1) is 11.8 Å². The quantitative estimate of drug-likeness (QED) is 0.537. The van der Waals surface area contributed by atoms with E-state index >= 15 is 0 Å². The predicted molar refractivity (Wildman–Crippen MR) is 49.8 cm³/mol. The smallest absolute Gasteiger partial charge is 0.101 e. The molecule has 1 saturated heterocycles. The summed E-state index contributed by atoms with van der Waals surface area (Å²) in [4.78, 5) is 0. The molecule has 2 fully saturated rings. The standard InChI is InChI=1S/C11H18O/c1-8-4-3-5-11-10(8)7-6-9(2)12-11/h8,10-11H,2-7H2,1H3. The van der Waals surface area contributed by atoms with Crippen molar-refractivity contribution >= 4 is 0 Å². The van der Waals surface area contributed by atoms with E-state index in [4.69, 9.17) is 4.74 Å². The maximum Gasteiger partial charge on any atom is 0.101 e. The van der Waals surface area contributed by atoms with Crippen molar-refractivity contribution in [2.75, 3.05) is 0 Å². The van der Waals surface area contributed by atoms with Crippen molar-refractivity contribution in [2.24, 2.45) is 11.8 Å². The molecule has 2 rings (SSSR count). The van der Waals surface area contributed by atoms with Crippen molar-refractivity contribution < 1.29 is 4.74 Å². The van der Waals surface area contributed by atoms with Crippen LogP contribution in [0.4, 0.5) is 0 Å². The van der Waals surface area contributed by atoms with Gasteiger partial charge in [-0.3, -0.25) is 0 Å². The zero-order valence-electron chi connectivity index (χ0n) is 7.88. The second-order valence-corrected chi connectivity index (χ2v) is 4.31. The molecule has 0 aromatic heterocycles. The fourth-order valence-electron chi connectivity index (χ4n) is 2.65. The van der Waals surface area contributed by atoms with Gasteiger partial charge in [0.2, 0.25) is 0 Å². The van der Waals surface area contributed by atoms with Crippen LogP contribution in [0.1, 0.15) is 39.0 Å². The van der Waals surface area contributed by atoms with Crippen molar-refractivity contribution in [2.45, 2.75) is 45.1 Å². The molecular formula is C11H18O. The van der Waals surface area contributed by atoms with E-state index in [2.05, 4.69) is 13.5 Å². The fourth-order valence-corrected chi connectivity index (χ4v) is 2.65. The van der Waals surface area contributed by atoms with Crippen LogP contribution in [0.5, 0.6) is 0 Å². The summed E-state index contributed by atoms with van der Waals surface area (Å²) < 4.78 is 5.77. The van der Waals surface area contributed by atoms with Crippen molar-refractivity contribution in [1.29, 1.82) is 0 Å². The maximum atomic E-state index is 5.77. The van der Waals surface area contributed by atoms with Gasteiger partial charge in [0.15, 0.2) is 0 Å². The fraction of sp³-hybridized carbons (Fsp3) is 0.818.